The number of carboxylic acids is 1. The topological polar surface area (TPSA) is 63.3 Å². The molecule has 0 atom stereocenters. The number of hydrogen-bond donors (Lipinski definition) is 1. The molecule has 0 spiro atoms. The van der Waals surface area contributed by atoms with Gasteiger partial charge in [-0.05, 0) is 25.1 Å². The van der Waals surface area contributed by atoms with Crippen molar-refractivity contribution in [3.63, 3.8) is 0 Å². The first-order chi connectivity index (χ1) is 9.21. The van der Waals surface area contributed by atoms with Gasteiger partial charge in [0, 0.05) is 5.56 Å². The fourth-order valence-electron chi connectivity index (χ4n) is 1.69. The van der Waals surface area contributed by atoms with Crippen molar-refractivity contribution < 1.29 is 32.0 Å². The van der Waals surface area contributed by atoms with Gasteiger partial charge >= 0.3 is 12.1 Å². The zero-order chi connectivity index (χ0) is 15.1. The van der Waals surface area contributed by atoms with Crippen molar-refractivity contribution in [3.05, 3.63) is 40.9 Å². The van der Waals surface area contributed by atoms with Gasteiger partial charge < -0.3 is 9.63 Å². The third-order valence-corrected chi connectivity index (χ3v) is 2.63. The van der Waals surface area contributed by atoms with Crippen LogP contribution in [0.5, 0.6) is 0 Å². The number of rotatable bonds is 2. The molecule has 0 aliphatic carbocycles. The number of nitrogens with zero attached hydrogens (tertiary/aromatic N) is 1. The fraction of sp³-hybridized carbons (Fsp3) is 0.167. The van der Waals surface area contributed by atoms with Crippen LogP contribution in [0.4, 0.5) is 17.6 Å². The third kappa shape index (κ3) is 2.36. The van der Waals surface area contributed by atoms with E-state index in [9.17, 15) is 22.4 Å². The van der Waals surface area contributed by atoms with Crippen LogP contribution < -0.4 is 0 Å². The molecule has 0 aliphatic rings. The van der Waals surface area contributed by atoms with Crippen molar-refractivity contribution >= 4 is 5.97 Å². The number of aryl methyl sites for hydroxylation is 1. The van der Waals surface area contributed by atoms with E-state index >= 15 is 0 Å². The fourth-order valence-corrected chi connectivity index (χ4v) is 1.69. The predicted molar refractivity (Wildman–Crippen MR) is 58.6 cm³/mol. The maximum absolute atomic E-state index is 13.7. The Morgan fingerprint density at radius 3 is 2.50 bits per heavy atom. The monoisotopic (exact) mass is 289 g/mol. The molecule has 0 bridgehead atoms. The first kappa shape index (κ1) is 14.0. The summed E-state index contributed by atoms with van der Waals surface area (Å²) < 4.78 is 55.6. The lowest BCUT2D eigenvalue weighted by molar-refractivity contribution is -0.137. The number of aromatic carboxylic acids is 1. The molecular formula is C12H7F4NO3. The molecule has 0 radical (unpaired) electrons. The molecular weight excluding hydrogens is 282 g/mol. The Morgan fingerprint density at radius 1 is 1.35 bits per heavy atom. The quantitative estimate of drug-likeness (QED) is 0.859. The lowest BCUT2D eigenvalue weighted by Gasteiger charge is -2.08. The summed E-state index contributed by atoms with van der Waals surface area (Å²) in [4.78, 5) is 11.0. The van der Waals surface area contributed by atoms with Crippen LogP contribution in [0.3, 0.4) is 0 Å². The Bertz CT molecular complexity index is 676. The van der Waals surface area contributed by atoms with Crippen molar-refractivity contribution in [1.82, 2.24) is 5.16 Å². The first-order valence-corrected chi connectivity index (χ1v) is 5.28. The zero-order valence-electron chi connectivity index (χ0n) is 9.95. The van der Waals surface area contributed by atoms with Crippen LogP contribution in [0.2, 0.25) is 0 Å². The van der Waals surface area contributed by atoms with E-state index in [1.54, 1.807) is 0 Å². The van der Waals surface area contributed by atoms with Crippen molar-refractivity contribution in [2.24, 2.45) is 0 Å². The highest BCUT2D eigenvalue weighted by molar-refractivity contribution is 5.95. The number of carbonyl (C=O) groups is 1. The standard InChI is InChI=1S/C12H7F4NO3/c1-5-9(11(18)19)10(17-20-5)7-3-2-6(4-8(7)13)12(14,15)16/h2-4H,1H3,(H,18,19). The summed E-state index contributed by atoms with van der Waals surface area (Å²) in [6.07, 6.45) is -4.69. The lowest BCUT2D eigenvalue weighted by Crippen LogP contribution is -2.06. The smallest absolute Gasteiger partial charge is 0.416 e. The molecule has 8 heteroatoms. The summed E-state index contributed by atoms with van der Waals surface area (Å²) in [7, 11) is 0. The van der Waals surface area contributed by atoms with E-state index < -0.39 is 23.5 Å². The Hall–Kier alpha value is -2.38. The van der Waals surface area contributed by atoms with Gasteiger partial charge in [-0.2, -0.15) is 13.2 Å². The second-order valence-corrected chi connectivity index (χ2v) is 3.96. The van der Waals surface area contributed by atoms with E-state index in [-0.39, 0.29) is 28.6 Å². The van der Waals surface area contributed by atoms with Gasteiger partial charge in [-0.1, -0.05) is 5.16 Å². The molecule has 1 N–H and O–H groups in total. The number of aromatic nitrogens is 1. The Labute approximate surface area is 109 Å². The molecule has 0 amide bonds. The van der Waals surface area contributed by atoms with Crippen molar-refractivity contribution in [2.45, 2.75) is 13.1 Å². The van der Waals surface area contributed by atoms with Crippen LogP contribution in [0.1, 0.15) is 21.7 Å². The van der Waals surface area contributed by atoms with Gasteiger partial charge in [-0.25, -0.2) is 9.18 Å². The summed E-state index contributed by atoms with van der Waals surface area (Å²) in [6.45, 7) is 1.31. The van der Waals surface area contributed by atoms with Crippen LogP contribution >= 0.6 is 0 Å². The maximum Gasteiger partial charge on any atom is 0.416 e. The van der Waals surface area contributed by atoms with Crippen LogP contribution in [-0.2, 0) is 6.18 Å². The maximum atomic E-state index is 13.7. The minimum absolute atomic E-state index is 0.0632. The molecule has 1 heterocycles. The first-order valence-electron chi connectivity index (χ1n) is 5.28. The normalized spacial score (nSPS) is 11.7. The molecule has 106 valence electrons. The zero-order valence-corrected chi connectivity index (χ0v) is 9.95. The number of benzene rings is 1. The van der Waals surface area contributed by atoms with Crippen LogP contribution in [0.15, 0.2) is 22.7 Å². The molecule has 0 fully saturated rings. The summed E-state index contributed by atoms with van der Waals surface area (Å²) in [6, 6.07) is 1.75. The van der Waals surface area contributed by atoms with Crippen molar-refractivity contribution in [3.8, 4) is 11.3 Å². The molecule has 2 rings (SSSR count). The average Bonchev–Trinajstić information content (AvgIpc) is 2.69. The minimum Gasteiger partial charge on any atom is -0.477 e. The Morgan fingerprint density at radius 2 is 2.00 bits per heavy atom. The molecule has 2 aromatic rings. The highest BCUT2D eigenvalue weighted by atomic mass is 19.4. The van der Waals surface area contributed by atoms with Crippen LogP contribution in [0, 0.1) is 12.7 Å². The molecule has 0 aliphatic heterocycles. The van der Waals surface area contributed by atoms with Crippen LogP contribution in [0.25, 0.3) is 11.3 Å². The second-order valence-electron chi connectivity index (χ2n) is 3.96. The number of alkyl halides is 3. The lowest BCUT2D eigenvalue weighted by atomic mass is 10.0. The molecule has 0 unspecified atom stereocenters. The highest BCUT2D eigenvalue weighted by Gasteiger charge is 2.32. The molecule has 4 nitrogen and oxygen atoms in total. The molecule has 0 saturated heterocycles. The Kier molecular flexibility index (Phi) is 3.24. The molecule has 0 saturated carbocycles. The van der Waals surface area contributed by atoms with E-state index in [2.05, 4.69) is 9.68 Å². The highest BCUT2D eigenvalue weighted by Crippen LogP contribution is 2.33. The third-order valence-electron chi connectivity index (χ3n) is 2.63. The molecule has 1 aromatic carbocycles. The SMILES string of the molecule is Cc1onc(-c2ccc(C(F)(F)F)cc2F)c1C(=O)O. The van der Waals surface area contributed by atoms with Gasteiger partial charge in [-0.15, -0.1) is 0 Å². The Balaban J connectivity index is 2.58. The van der Waals surface area contributed by atoms with Crippen molar-refractivity contribution in [1.29, 1.82) is 0 Å². The largest absolute Gasteiger partial charge is 0.477 e. The summed E-state index contributed by atoms with van der Waals surface area (Å²) >= 11 is 0. The van der Waals surface area contributed by atoms with E-state index in [0.717, 1.165) is 6.07 Å². The van der Waals surface area contributed by atoms with Gasteiger partial charge in [0.15, 0.2) is 0 Å². The predicted octanol–water partition coefficient (Wildman–Crippen LogP) is 3.51. The summed E-state index contributed by atoms with van der Waals surface area (Å²) in [5, 5.41) is 12.4. The van der Waals surface area contributed by atoms with E-state index in [4.69, 9.17) is 5.11 Å². The summed E-state index contributed by atoms with van der Waals surface area (Å²) in [5.74, 6) is -2.69. The molecule has 20 heavy (non-hydrogen) atoms. The van der Waals surface area contributed by atoms with E-state index in [0.29, 0.717) is 6.07 Å². The van der Waals surface area contributed by atoms with Gasteiger partial charge in [0.2, 0.25) is 0 Å². The second kappa shape index (κ2) is 4.62. The van der Waals surface area contributed by atoms with Gasteiger partial charge in [0.05, 0.1) is 5.56 Å². The number of hydrogen-bond acceptors (Lipinski definition) is 3. The molecule has 1 aromatic heterocycles. The number of carboxylic acid groups (broad SMARTS) is 1. The average molecular weight is 289 g/mol. The summed E-state index contributed by atoms with van der Waals surface area (Å²) in [5.41, 5.74) is -2.27. The van der Waals surface area contributed by atoms with Gasteiger partial charge in [0.1, 0.15) is 22.8 Å². The van der Waals surface area contributed by atoms with E-state index in [1.165, 1.54) is 6.92 Å². The minimum atomic E-state index is -4.69. The van der Waals surface area contributed by atoms with Crippen molar-refractivity contribution in [2.75, 3.05) is 0 Å². The van der Waals surface area contributed by atoms with Gasteiger partial charge in [-0.3, -0.25) is 0 Å². The van der Waals surface area contributed by atoms with E-state index in [1.807, 2.05) is 0 Å². The van der Waals surface area contributed by atoms with Crippen LogP contribution in [-0.4, -0.2) is 16.2 Å². The number of halogens is 4. The van der Waals surface area contributed by atoms with Gasteiger partial charge in [0.25, 0.3) is 0 Å².